The van der Waals surface area contributed by atoms with Gasteiger partial charge in [0, 0.05) is 25.2 Å². The highest BCUT2D eigenvalue weighted by atomic mass is 15.1. The molecule has 0 spiro atoms. The minimum atomic E-state index is 0.815. The summed E-state index contributed by atoms with van der Waals surface area (Å²) in [4.78, 5) is 13.2. The molecule has 2 aromatic heterocycles. The van der Waals surface area contributed by atoms with E-state index in [1.807, 2.05) is 38.5 Å². The molecule has 90 valence electrons. The number of aryl methyl sites for hydroxylation is 2. The molecule has 0 aliphatic carbocycles. The molecule has 0 saturated carbocycles. The van der Waals surface area contributed by atoms with Gasteiger partial charge in [-0.25, -0.2) is 15.0 Å². The summed E-state index contributed by atoms with van der Waals surface area (Å²) in [7, 11) is 1.86. The molecule has 0 atom stereocenters. The van der Waals surface area contributed by atoms with Gasteiger partial charge in [-0.15, -0.1) is 0 Å². The summed E-state index contributed by atoms with van der Waals surface area (Å²) in [5, 5.41) is 3.05. The molecule has 0 aliphatic heterocycles. The SMILES string of the molecule is CCc1nc(NC)cc(-n2cnc(C)c2C)n1. The minimum absolute atomic E-state index is 0.815. The molecule has 1 N–H and O–H groups in total. The van der Waals surface area contributed by atoms with Crippen LogP contribution in [0.1, 0.15) is 24.1 Å². The van der Waals surface area contributed by atoms with Gasteiger partial charge < -0.3 is 5.32 Å². The van der Waals surface area contributed by atoms with Crippen molar-refractivity contribution < 1.29 is 0 Å². The predicted molar refractivity (Wildman–Crippen MR) is 67.6 cm³/mol. The highest BCUT2D eigenvalue weighted by Crippen LogP contribution is 2.15. The fourth-order valence-electron chi connectivity index (χ4n) is 1.62. The number of nitrogens with zero attached hydrogens (tertiary/aromatic N) is 4. The van der Waals surface area contributed by atoms with E-state index >= 15 is 0 Å². The largest absolute Gasteiger partial charge is 0.373 e. The second kappa shape index (κ2) is 4.53. The maximum absolute atomic E-state index is 4.52. The monoisotopic (exact) mass is 231 g/mol. The Morgan fingerprint density at radius 3 is 2.59 bits per heavy atom. The van der Waals surface area contributed by atoms with Crippen LogP contribution in [0.25, 0.3) is 5.82 Å². The molecular formula is C12H17N5. The van der Waals surface area contributed by atoms with Crippen LogP contribution in [-0.4, -0.2) is 26.6 Å². The number of imidazole rings is 1. The maximum atomic E-state index is 4.52. The molecule has 0 radical (unpaired) electrons. The molecule has 0 unspecified atom stereocenters. The van der Waals surface area contributed by atoms with Crippen LogP contribution in [0.15, 0.2) is 12.4 Å². The summed E-state index contributed by atoms with van der Waals surface area (Å²) in [6.45, 7) is 6.08. The van der Waals surface area contributed by atoms with Crippen molar-refractivity contribution in [2.24, 2.45) is 0 Å². The fourth-order valence-corrected chi connectivity index (χ4v) is 1.62. The first-order valence-corrected chi connectivity index (χ1v) is 5.72. The minimum Gasteiger partial charge on any atom is -0.373 e. The van der Waals surface area contributed by atoms with E-state index in [1.165, 1.54) is 0 Å². The van der Waals surface area contributed by atoms with Crippen molar-refractivity contribution in [3.63, 3.8) is 0 Å². The van der Waals surface area contributed by atoms with Gasteiger partial charge in [-0.3, -0.25) is 4.57 Å². The van der Waals surface area contributed by atoms with Gasteiger partial charge in [0.25, 0.3) is 0 Å². The summed E-state index contributed by atoms with van der Waals surface area (Å²) < 4.78 is 1.98. The Hall–Kier alpha value is -1.91. The lowest BCUT2D eigenvalue weighted by molar-refractivity contribution is 0.874. The van der Waals surface area contributed by atoms with E-state index in [0.717, 1.165) is 35.3 Å². The molecule has 17 heavy (non-hydrogen) atoms. The highest BCUT2D eigenvalue weighted by Gasteiger charge is 2.08. The van der Waals surface area contributed by atoms with Crippen molar-refractivity contribution >= 4 is 5.82 Å². The standard InChI is InChI=1S/C12H17N5/c1-5-10-15-11(13-4)6-12(16-10)17-7-14-8(2)9(17)3/h6-7H,5H2,1-4H3,(H,13,15,16). The molecule has 0 fully saturated rings. The zero-order valence-corrected chi connectivity index (χ0v) is 10.7. The Bertz CT molecular complexity index is 507. The maximum Gasteiger partial charge on any atom is 0.143 e. The van der Waals surface area contributed by atoms with E-state index < -0.39 is 0 Å². The number of anilines is 1. The van der Waals surface area contributed by atoms with E-state index in [0.29, 0.717) is 0 Å². The lowest BCUT2D eigenvalue weighted by Crippen LogP contribution is -2.06. The van der Waals surface area contributed by atoms with E-state index in [9.17, 15) is 0 Å². The molecular weight excluding hydrogens is 214 g/mol. The molecule has 2 aromatic rings. The number of hydrogen-bond donors (Lipinski definition) is 1. The first-order valence-electron chi connectivity index (χ1n) is 5.72. The average Bonchev–Trinajstić information content (AvgIpc) is 2.69. The molecule has 0 aromatic carbocycles. The fraction of sp³-hybridized carbons (Fsp3) is 0.417. The lowest BCUT2D eigenvalue weighted by Gasteiger charge is -2.08. The molecule has 2 heterocycles. The van der Waals surface area contributed by atoms with Crippen LogP contribution >= 0.6 is 0 Å². The summed E-state index contributed by atoms with van der Waals surface area (Å²) >= 11 is 0. The predicted octanol–water partition coefficient (Wildman–Crippen LogP) is 1.88. The summed E-state index contributed by atoms with van der Waals surface area (Å²) in [6, 6.07) is 1.92. The zero-order valence-electron chi connectivity index (χ0n) is 10.7. The lowest BCUT2D eigenvalue weighted by atomic mass is 10.3. The molecule has 0 aliphatic rings. The number of hydrogen-bond acceptors (Lipinski definition) is 4. The Kier molecular flexibility index (Phi) is 3.08. The van der Waals surface area contributed by atoms with Crippen LogP contribution in [0, 0.1) is 13.8 Å². The average molecular weight is 231 g/mol. The van der Waals surface area contributed by atoms with Crippen LogP contribution in [0.3, 0.4) is 0 Å². The van der Waals surface area contributed by atoms with E-state index in [2.05, 4.69) is 20.3 Å². The Labute approximate surface area is 101 Å². The zero-order chi connectivity index (χ0) is 12.4. The third-order valence-corrected chi connectivity index (χ3v) is 2.83. The van der Waals surface area contributed by atoms with Gasteiger partial charge >= 0.3 is 0 Å². The van der Waals surface area contributed by atoms with Crippen LogP contribution in [0.5, 0.6) is 0 Å². The number of aromatic nitrogens is 4. The Morgan fingerprint density at radius 1 is 1.29 bits per heavy atom. The van der Waals surface area contributed by atoms with Crippen molar-refractivity contribution in [3.8, 4) is 5.82 Å². The summed E-state index contributed by atoms with van der Waals surface area (Å²) in [5.74, 6) is 2.52. The second-order valence-electron chi connectivity index (χ2n) is 3.92. The van der Waals surface area contributed by atoms with E-state index in [1.54, 1.807) is 6.33 Å². The van der Waals surface area contributed by atoms with E-state index in [4.69, 9.17) is 0 Å². The van der Waals surface area contributed by atoms with Crippen LogP contribution in [-0.2, 0) is 6.42 Å². The van der Waals surface area contributed by atoms with Crippen LogP contribution in [0.4, 0.5) is 5.82 Å². The summed E-state index contributed by atoms with van der Waals surface area (Å²) in [5.41, 5.74) is 2.13. The Balaban J connectivity index is 2.54. The van der Waals surface area contributed by atoms with Gasteiger partial charge in [0.1, 0.15) is 23.8 Å². The second-order valence-corrected chi connectivity index (χ2v) is 3.92. The van der Waals surface area contributed by atoms with Gasteiger partial charge in [0.05, 0.1) is 5.69 Å². The van der Waals surface area contributed by atoms with Gasteiger partial charge in [-0.1, -0.05) is 6.92 Å². The number of nitrogens with one attached hydrogen (secondary N) is 1. The third-order valence-electron chi connectivity index (χ3n) is 2.83. The van der Waals surface area contributed by atoms with Gasteiger partial charge in [0.15, 0.2) is 0 Å². The van der Waals surface area contributed by atoms with Crippen molar-refractivity contribution in [1.82, 2.24) is 19.5 Å². The van der Waals surface area contributed by atoms with Crippen molar-refractivity contribution in [2.45, 2.75) is 27.2 Å². The van der Waals surface area contributed by atoms with Crippen LogP contribution < -0.4 is 5.32 Å². The summed E-state index contributed by atoms with van der Waals surface area (Å²) in [6.07, 6.45) is 2.61. The topological polar surface area (TPSA) is 55.6 Å². The molecule has 0 bridgehead atoms. The molecule has 0 saturated heterocycles. The Morgan fingerprint density at radius 2 is 2.06 bits per heavy atom. The van der Waals surface area contributed by atoms with Crippen molar-refractivity contribution in [2.75, 3.05) is 12.4 Å². The first kappa shape index (κ1) is 11.6. The quantitative estimate of drug-likeness (QED) is 0.876. The molecule has 2 rings (SSSR count). The molecule has 5 heteroatoms. The molecule has 5 nitrogen and oxygen atoms in total. The van der Waals surface area contributed by atoms with Gasteiger partial charge in [-0.05, 0) is 13.8 Å². The molecule has 0 amide bonds. The van der Waals surface area contributed by atoms with Crippen LogP contribution in [0.2, 0.25) is 0 Å². The third kappa shape index (κ3) is 2.13. The highest BCUT2D eigenvalue weighted by molar-refractivity contribution is 5.42. The smallest absolute Gasteiger partial charge is 0.143 e. The first-order chi connectivity index (χ1) is 8.15. The van der Waals surface area contributed by atoms with E-state index in [-0.39, 0.29) is 0 Å². The van der Waals surface area contributed by atoms with Gasteiger partial charge in [0.2, 0.25) is 0 Å². The van der Waals surface area contributed by atoms with Gasteiger partial charge in [-0.2, -0.15) is 0 Å². The van der Waals surface area contributed by atoms with Crippen molar-refractivity contribution in [1.29, 1.82) is 0 Å². The number of rotatable bonds is 3. The van der Waals surface area contributed by atoms with Crippen molar-refractivity contribution in [3.05, 3.63) is 29.6 Å². The normalized spacial score (nSPS) is 10.6.